The van der Waals surface area contributed by atoms with Gasteiger partial charge in [0.15, 0.2) is 0 Å². The lowest BCUT2D eigenvalue weighted by Crippen LogP contribution is -2.14. The van der Waals surface area contributed by atoms with Gasteiger partial charge in [0.1, 0.15) is 18.0 Å². The van der Waals surface area contributed by atoms with Crippen molar-refractivity contribution in [3.8, 4) is 0 Å². The van der Waals surface area contributed by atoms with Crippen molar-refractivity contribution in [3.05, 3.63) is 11.9 Å². The Bertz CT molecular complexity index is 407. The van der Waals surface area contributed by atoms with Gasteiger partial charge in [0, 0.05) is 25.3 Å². The van der Waals surface area contributed by atoms with Crippen LogP contribution in [0.3, 0.4) is 0 Å². The largest absolute Gasteiger partial charge is 0.379 e. The first-order valence-corrected chi connectivity index (χ1v) is 7.74. The molecular formula is C15H26N4O. The molecule has 5 nitrogen and oxygen atoms in total. The molecule has 2 rings (SSSR count). The number of ether oxygens (including phenoxy) is 1. The number of hydrogen-bond acceptors (Lipinski definition) is 5. The van der Waals surface area contributed by atoms with Crippen LogP contribution in [0.2, 0.25) is 0 Å². The van der Waals surface area contributed by atoms with E-state index in [2.05, 4.69) is 34.4 Å². The zero-order valence-corrected chi connectivity index (χ0v) is 12.6. The van der Waals surface area contributed by atoms with E-state index in [-0.39, 0.29) is 0 Å². The minimum absolute atomic E-state index is 0.737. The van der Waals surface area contributed by atoms with E-state index < -0.39 is 0 Å². The third-order valence-corrected chi connectivity index (χ3v) is 3.43. The minimum atomic E-state index is 0.737. The summed E-state index contributed by atoms with van der Waals surface area (Å²) in [5.41, 5.74) is 1.16. The highest BCUT2D eigenvalue weighted by molar-refractivity contribution is 5.57. The van der Waals surface area contributed by atoms with Crippen LogP contribution in [0.25, 0.3) is 0 Å². The van der Waals surface area contributed by atoms with Crippen LogP contribution in [0.5, 0.6) is 0 Å². The minimum Gasteiger partial charge on any atom is -0.379 e. The number of nitrogens with one attached hydrogen (secondary N) is 2. The van der Waals surface area contributed by atoms with Crippen molar-refractivity contribution in [1.29, 1.82) is 0 Å². The van der Waals surface area contributed by atoms with Gasteiger partial charge in [0.25, 0.3) is 0 Å². The van der Waals surface area contributed by atoms with E-state index in [1.54, 1.807) is 6.33 Å². The molecule has 1 aromatic heterocycles. The van der Waals surface area contributed by atoms with Crippen LogP contribution in [-0.2, 0) is 11.2 Å². The SMILES string of the molecule is CCCNc1ncnc(NCCOCC2CC2)c1CC. The Morgan fingerprint density at radius 2 is 1.85 bits per heavy atom. The molecule has 0 amide bonds. The summed E-state index contributed by atoms with van der Waals surface area (Å²) in [4.78, 5) is 8.68. The van der Waals surface area contributed by atoms with Crippen molar-refractivity contribution in [1.82, 2.24) is 9.97 Å². The van der Waals surface area contributed by atoms with E-state index in [0.29, 0.717) is 0 Å². The van der Waals surface area contributed by atoms with E-state index in [1.165, 1.54) is 12.8 Å². The lowest BCUT2D eigenvalue weighted by atomic mass is 10.2. The monoisotopic (exact) mass is 278 g/mol. The van der Waals surface area contributed by atoms with Crippen LogP contribution in [0.4, 0.5) is 11.6 Å². The van der Waals surface area contributed by atoms with Crippen LogP contribution >= 0.6 is 0 Å². The fourth-order valence-corrected chi connectivity index (χ4v) is 2.07. The first kappa shape index (κ1) is 15.0. The van der Waals surface area contributed by atoms with Gasteiger partial charge in [-0.05, 0) is 31.6 Å². The molecule has 112 valence electrons. The first-order chi connectivity index (χ1) is 9.85. The second-order valence-corrected chi connectivity index (χ2v) is 5.27. The predicted octanol–water partition coefficient (Wildman–Crippen LogP) is 2.70. The molecule has 0 aromatic carbocycles. The average molecular weight is 278 g/mol. The Morgan fingerprint density at radius 3 is 2.45 bits per heavy atom. The second-order valence-electron chi connectivity index (χ2n) is 5.27. The Kier molecular flexibility index (Phi) is 6.05. The molecule has 20 heavy (non-hydrogen) atoms. The summed E-state index contributed by atoms with van der Waals surface area (Å²) in [6, 6.07) is 0. The van der Waals surface area contributed by atoms with Crippen molar-refractivity contribution < 1.29 is 4.74 Å². The zero-order valence-electron chi connectivity index (χ0n) is 12.6. The smallest absolute Gasteiger partial charge is 0.134 e. The summed E-state index contributed by atoms with van der Waals surface area (Å²) in [6.07, 6.45) is 6.30. The maximum absolute atomic E-state index is 5.63. The van der Waals surface area contributed by atoms with E-state index in [0.717, 1.165) is 62.3 Å². The molecule has 0 radical (unpaired) electrons. The second kappa shape index (κ2) is 8.04. The van der Waals surface area contributed by atoms with Gasteiger partial charge in [-0.2, -0.15) is 0 Å². The van der Waals surface area contributed by atoms with Gasteiger partial charge in [0.2, 0.25) is 0 Å². The number of hydrogen-bond donors (Lipinski definition) is 2. The molecule has 0 unspecified atom stereocenters. The van der Waals surface area contributed by atoms with Crippen molar-refractivity contribution in [2.45, 2.75) is 39.5 Å². The number of nitrogens with zero attached hydrogens (tertiary/aromatic N) is 2. The Labute approximate surface area is 121 Å². The predicted molar refractivity (Wildman–Crippen MR) is 82.2 cm³/mol. The summed E-state index contributed by atoms with van der Waals surface area (Å²) in [6.45, 7) is 7.66. The highest BCUT2D eigenvalue weighted by Gasteiger charge is 2.20. The van der Waals surface area contributed by atoms with Crippen molar-refractivity contribution in [2.75, 3.05) is 36.9 Å². The molecule has 1 fully saturated rings. The van der Waals surface area contributed by atoms with Crippen molar-refractivity contribution in [3.63, 3.8) is 0 Å². The topological polar surface area (TPSA) is 59.1 Å². The van der Waals surface area contributed by atoms with E-state index in [9.17, 15) is 0 Å². The Hall–Kier alpha value is -1.36. The van der Waals surface area contributed by atoms with Gasteiger partial charge in [-0.1, -0.05) is 13.8 Å². The van der Waals surface area contributed by atoms with Gasteiger partial charge in [0.05, 0.1) is 6.61 Å². The molecule has 0 aliphatic heterocycles. The molecule has 1 saturated carbocycles. The molecule has 1 aliphatic rings. The van der Waals surface area contributed by atoms with Crippen LogP contribution in [0.1, 0.15) is 38.7 Å². The lowest BCUT2D eigenvalue weighted by Gasteiger charge is -2.14. The standard InChI is InChI=1S/C15H26N4O/c1-3-7-16-14-13(4-2)15(19-11-18-14)17-8-9-20-10-12-5-6-12/h11-12H,3-10H2,1-2H3,(H2,16,17,18,19). The Morgan fingerprint density at radius 1 is 1.15 bits per heavy atom. The van der Waals surface area contributed by atoms with Crippen molar-refractivity contribution >= 4 is 11.6 Å². The van der Waals surface area contributed by atoms with Crippen LogP contribution < -0.4 is 10.6 Å². The number of rotatable bonds is 10. The normalized spacial score (nSPS) is 14.3. The molecule has 0 saturated heterocycles. The molecule has 0 bridgehead atoms. The molecular weight excluding hydrogens is 252 g/mol. The summed E-state index contributed by atoms with van der Waals surface area (Å²) in [5, 5.41) is 6.72. The maximum atomic E-state index is 5.63. The average Bonchev–Trinajstić information content (AvgIpc) is 3.29. The summed E-state index contributed by atoms with van der Waals surface area (Å²) in [7, 11) is 0. The molecule has 5 heteroatoms. The molecule has 1 aromatic rings. The maximum Gasteiger partial charge on any atom is 0.134 e. The van der Waals surface area contributed by atoms with Gasteiger partial charge >= 0.3 is 0 Å². The quantitative estimate of drug-likeness (QED) is 0.644. The fraction of sp³-hybridized carbons (Fsp3) is 0.733. The van der Waals surface area contributed by atoms with E-state index in [1.807, 2.05) is 0 Å². The van der Waals surface area contributed by atoms with E-state index in [4.69, 9.17) is 4.74 Å². The van der Waals surface area contributed by atoms with Crippen molar-refractivity contribution in [2.24, 2.45) is 5.92 Å². The Balaban J connectivity index is 1.81. The van der Waals surface area contributed by atoms with Gasteiger partial charge in [-0.3, -0.25) is 0 Å². The number of anilines is 2. The third-order valence-electron chi connectivity index (χ3n) is 3.43. The van der Waals surface area contributed by atoms with Crippen LogP contribution in [0, 0.1) is 5.92 Å². The van der Waals surface area contributed by atoms with Crippen LogP contribution in [0.15, 0.2) is 6.33 Å². The molecule has 1 heterocycles. The zero-order chi connectivity index (χ0) is 14.2. The van der Waals surface area contributed by atoms with E-state index >= 15 is 0 Å². The third kappa shape index (κ3) is 4.63. The molecule has 1 aliphatic carbocycles. The molecule has 0 spiro atoms. The summed E-state index contributed by atoms with van der Waals surface area (Å²) >= 11 is 0. The molecule has 0 atom stereocenters. The first-order valence-electron chi connectivity index (χ1n) is 7.74. The lowest BCUT2D eigenvalue weighted by molar-refractivity contribution is 0.134. The molecule has 2 N–H and O–H groups in total. The highest BCUT2D eigenvalue weighted by atomic mass is 16.5. The summed E-state index contributed by atoms with van der Waals surface area (Å²) in [5.74, 6) is 2.70. The van der Waals surface area contributed by atoms with Crippen LogP contribution in [-0.4, -0.2) is 36.3 Å². The summed E-state index contributed by atoms with van der Waals surface area (Å²) < 4.78 is 5.63. The number of aromatic nitrogens is 2. The fourth-order valence-electron chi connectivity index (χ4n) is 2.07. The van der Waals surface area contributed by atoms with Gasteiger partial charge in [-0.25, -0.2) is 9.97 Å². The van der Waals surface area contributed by atoms with Gasteiger partial charge in [-0.15, -0.1) is 0 Å². The highest BCUT2D eigenvalue weighted by Crippen LogP contribution is 2.28. The van der Waals surface area contributed by atoms with Gasteiger partial charge < -0.3 is 15.4 Å².